The summed E-state index contributed by atoms with van der Waals surface area (Å²) in [5, 5.41) is 0. The molecule has 0 aliphatic carbocycles. The number of methoxy groups -OCH3 is 1. The molecule has 1 aromatic rings. The van der Waals surface area contributed by atoms with Gasteiger partial charge < -0.3 is 14.2 Å². The second-order valence-corrected chi connectivity index (χ2v) is 4.23. The number of fused-ring (bicyclic) bond motifs is 1. The normalized spacial score (nSPS) is 12.6. The standard InChI is InChI=1S/C14H16O5/c1-4-18-14(16)12(15)11-9-5-6-19-10(9)7-8(2)13(11)17-3/h7H,4-6H2,1-3H3. The highest BCUT2D eigenvalue weighted by molar-refractivity contribution is 6.41. The minimum atomic E-state index is -0.861. The first-order chi connectivity index (χ1) is 9.10. The Morgan fingerprint density at radius 3 is 2.79 bits per heavy atom. The molecule has 0 amide bonds. The van der Waals surface area contributed by atoms with E-state index in [1.54, 1.807) is 6.92 Å². The van der Waals surface area contributed by atoms with Gasteiger partial charge in [0.25, 0.3) is 5.78 Å². The summed E-state index contributed by atoms with van der Waals surface area (Å²) < 4.78 is 15.5. The van der Waals surface area contributed by atoms with E-state index < -0.39 is 11.8 Å². The molecule has 0 aromatic heterocycles. The summed E-state index contributed by atoms with van der Waals surface area (Å²) in [5.74, 6) is -0.474. The predicted molar refractivity (Wildman–Crippen MR) is 67.9 cm³/mol. The highest BCUT2D eigenvalue weighted by atomic mass is 16.5. The van der Waals surface area contributed by atoms with Crippen LogP contribution in [-0.2, 0) is 16.0 Å². The monoisotopic (exact) mass is 264 g/mol. The fourth-order valence-electron chi connectivity index (χ4n) is 2.25. The quantitative estimate of drug-likeness (QED) is 0.470. The van der Waals surface area contributed by atoms with Gasteiger partial charge in [-0.15, -0.1) is 0 Å². The Balaban J connectivity index is 2.54. The molecule has 0 unspecified atom stereocenters. The summed E-state index contributed by atoms with van der Waals surface area (Å²) in [6.45, 7) is 4.14. The van der Waals surface area contributed by atoms with Crippen molar-refractivity contribution in [2.45, 2.75) is 20.3 Å². The lowest BCUT2D eigenvalue weighted by molar-refractivity contribution is -0.137. The summed E-state index contributed by atoms with van der Waals surface area (Å²) >= 11 is 0. The number of rotatable bonds is 4. The molecule has 0 atom stereocenters. The molecule has 1 aliphatic rings. The number of aryl methyl sites for hydroxylation is 1. The van der Waals surface area contributed by atoms with E-state index in [9.17, 15) is 9.59 Å². The minimum Gasteiger partial charge on any atom is -0.496 e. The van der Waals surface area contributed by atoms with Crippen molar-refractivity contribution in [1.82, 2.24) is 0 Å². The first kappa shape index (κ1) is 13.4. The summed E-state index contributed by atoms with van der Waals surface area (Å²) in [4.78, 5) is 23.9. The van der Waals surface area contributed by atoms with Gasteiger partial charge >= 0.3 is 5.97 Å². The van der Waals surface area contributed by atoms with Crippen LogP contribution in [0, 0.1) is 6.92 Å². The van der Waals surface area contributed by atoms with Crippen LogP contribution in [0.1, 0.15) is 28.4 Å². The second kappa shape index (κ2) is 5.30. The Morgan fingerprint density at radius 2 is 2.16 bits per heavy atom. The van der Waals surface area contributed by atoms with Gasteiger partial charge in [0, 0.05) is 12.0 Å². The van der Waals surface area contributed by atoms with Crippen LogP contribution < -0.4 is 9.47 Å². The number of hydrogen-bond donors (Lipinski definition) is 0. The zero-order valence-corrected chi connectivity index (χ0v) is 11.2. The topological polar surface area (TPSA) is 61.8 Å². The van der Waals surface area contributed by atoms with Crippen LogP contribution in [0.3, 0.4) is 0 Å². The average Bonchev–Trinajstić information content (AvgIpc) is 2.84. The second-order valence-electron chi connectivity index (χ2n) is 4.23. The highest BCUT2D eigenvalue weighted by Crippen LogP contribution is 2.37. The van der Waals surface area contributed by atoms with Crippen molar-refractivity contribution >= 4 is 11.8 Å². The van der Waals surface area contributed by atoms with Crippen LogP contribution in [0.15, 0.2) is 6.07 Å². The maximum absolute atomic E-state index is 12.2. The van der Waals surface area contributed by atoms with Crippen LogP contribution in [0.5, 0.6) is 11.5 Å². The van der Waals surface area contributed by atoms with Crippen LogP contribution in [0.2, 0.25) is 0 Å². The molecule has 0 saturated heterocycles. The molecule has 102 valence electrons. The SMILES string of the molecule is CCOC(=O)C(=O)c1c2c(cc(C)c1OC)OCC2. The van der Waals surface area contributed by atoms with Gasteiger partial charge in [-0.25, -0.2) is 4.79 Å². The molecule has 0 saturated carbocycles. The molecule has 2 rings (SSSR count). The van der Waals surface area contributed by atoms with Crippen molar-refractivity contribution in [2.24, 2.45) is 0 Å². The number of esters is 1. The zero-order valence-electron chi connectivity index (χ0n) is 11.2. The Morgan fingerprint density at radius 1 is 1.42 bits per heavy atom. The van der Waals surface area contributed by atoms with Gasteiger partial charge in [-0.2, -0.15) is 0 Å². The van der Waals surface area contributed by atoms with Gasteiger partial charge in [0.05, 0.1) is 25.9 Å². The summed E-state index contributed by atoms with van der Waals surface area (Å²) in [5.41, 5.74) is 1.75. The summed E-state index contributed by atoms with van der Waals surface area (Å²) in [6, 6.07) is 1.82. The smallest absolute Gasteiger partial charge is 0.379 e. The van der Waals surface area contributed by atoms with Crippen molar-refractivity contribution in [2.75, 3.05) is 20.3 Å². The van der Waals surface area contributed by atoms with Gasteiger partial charge in [0.15, 0.2) is 0 Å². The number of Topliss-reactive ketones (excluding diaryl/α,β-unsaturated/α-hetero) is 1. The van der Waals surface area contributed by atoms with Crippen LogP contribution >= 0.6 is 0 Å². The van der Waals surface area contributed by atoms with E-state index in [1.807, 2.05) is 13.0 Å². The lowest BCUT2D eigenvalue weighted by Gasteiger charge is -2.13. The maximum Gasteiger partial charge on any atom is 0.379 e. The molecule has 0 fully saturated rings. The number of ketones is 1. The Labute approximate surface area is 111 Å². The first-order valence-electron chi connectivity index (χ1n) is 6.14. The van der Waals surface area contributed by atoms with Crippen molar-refractivity contribution < 1.29 is 23.8 Å². The van der Waals surface area contributed by atoms with E-state index in [0.29, 0.717) is 24.5 Å². The van der Waals surface area contributed by atoms with Crippen molar-refractivity contribution in [1.29, 1.82) is 0 Å². The van der Waals surface area contributed by atoms with Gasteiger partial charge in [0.1, 0.15) is 11.5 Å². The molecule has 0 bridgehead atoms. The third-order valence-electron chi connectivity index (χ3n) is 3.03. The minimum absolute atomic E-state index is 0.164. The average molecular weight is 264 g/mol. The molecule has 1 aromatic carbocycles. The lowest BCUT2D eigenvalue weighted by Crippen LogP contribution is -2.20. The predicted octanol–water partition coefficient (Wildman–Crippen LogP) is 1.68. The molecule has 0 spiro atoms. The van der Waals surface area contributed by atoms with Crippen molar-refractivity contribution in [3.8, 4) is 11.5 Å². The third-order valence-corrected chi connectivity index (χ3v) is 3.03. The summed E-state index contributed by atoms with van der Waals surface area (Å²) in [7, 11) is 1.48. The fourth-order valence-corrected chi connectivity index (χ4v) is 2.25. The van der Waals surface area contributed by atoms with E-state index in [4.69, 9.17) is 14.2 Å². The van der Waals surface area contributed by atoms with E-state index >= 15 is 0 Å². The molecule has 5 nitrogen and oxygen atoms in total. The van der Waals surface area contributed by atoms with Gasteiger partial charge in [-0.1, -0.05) is 0 Å². The lowest BCUT2D eigenvalue weighted by atomic mass is 9.97. The Kier molecular flexibility index (Phi) is 3.74. The Bertz CT molecular complexity index is 529. The van der Waals surface area contributed by atoms with E-state index in [1.165, 1.54) is 7.11 Å². The van der Waals surface area contributed by atoms with E-state index in [0.717, 1.165) is 11.1 Å². The largest absolute Gasteiger partial charge is 0.496 e. The number of ether oxygens (including phenoxy) is 3. The fraction of sp³-hybridized carbons (Fsp3) is 0.429. The molecule has 19 heavy (non-hydrogen) atoms. The Hall–Kier alpha value is -2.04. The van der Waals surface area contributed by atoms with E-state index in [-0.39, 0.29) is 12.2 Å². The molecular weight excluding hydrogens is 248 g/mol. The van der Waals surface area contributed by atoms with Crippen LogP contribution in [0.4, 0.5) is 0 Å². The molecule has 1 heterocycles. The number of hydrogen-bond acceptors (Lipinski definition) is 5. The molecule has 0 radical (unpaired) electrons. The van der Waals surface area contributed by atoms with E-state index in [2.05, 4.69) is 0 Å². The number of carbonyl (C=O) groups excluding carboxylic acids is 2. The first-order valence-corrected chi connectivity index (χ1v) is 6.14. The molecule has 0 N–H and O–H groups in total. The van der Waals surface area contributed by atoms with Crippen molar-refractivity contribution in [3.63, 3.8) is 0 Å². The molecule has 5 heteroatoms. The number of carbonyl (C=O) groups is 2. The highest BCUT2D eigenvalue weighted by Gasteiger charge is 2.30. The van der Waals surface area contributed by atoms with Gasteiger partial charge in [-0.3, -0.25) is 4.79 Å². The van der Waals surface area contributed by atoms with Gasteiger partial charge in [-0.05, 0) is 25.5 Å². The summed E-state index contributed by atoms with van der Waals surface area (Å²) in [6.07, 6.45) is 0.590. The van der Waals surface area contributed by atoms with Crippen LogP contribution in [-0.4, -0.2) is 32.1 Å². The number of benzene rings is 1. The molecule has 1 aliphatic heterocycles. The molecular formula is C14H16O5. The van der Waals surface area contributed by atoms with Crippen molar-refractivity contribution in [3.05, 3.63) is 22.8 Å². The maximum atomic E-state index is 12.2. The van der Waals surface area contributed by atoms with Gasteiger partial charge in [0.2, 0.25) is 0 Å². The van der Waals surface area contributed by atoms with Crippen LogP contribution in [0.25, 0.3) is 0 Å². The zero-order chi connectivity index (χ0) is 14.0. The third kappa shape index (κ3) is 2.28.